The van der Waals surface area contributed by atoms with Crippen molar-refractivity contribution >= 4 is 22.9 Å². The molecule has 0 aliphatic carbocycles. The molecule has 1 aliphatic rings. The van der Waals surface area contributed by atoms with Crippen molar-refractivity contribution in [3.63, 3.8) is 0 Å². The molecule has 0 aromatic carbocycles. The Balaban J connectivity index is 3.09. The van der Waals surface area contributed by atoms with Gasteiger partial charge in [-0.3, -0.25) is 4.99 Å². The molecule has 0 radical (unpaired) electrons. The maximum Gasteiger partial charge on any atom is 0.337 e. The molecule has 0 unspecified atom stereocenters. The summed E-state index contributed by atoms with van der Waals surface area (Å²) in [6.07, 6.45) is 3.88. The van der Waals surface area contributed by atoms with E-state index in [0.717, 1.165) is 23.7 Å². The first-order valence-corrected chi connectivity index (χ1v) is 7.52. The fourth-order valence-electron chi connectivity index (χ4n) is 2.01. The van der Waals surface area contributed by atoms with Gasteiger partial charge in [0.25, 0.3) is 0 Å². The molecule has 1 aliphatic heterocycles. The first-order valence-electron chi connectivity index (χ1n) is 6.30. The lowest BCUT2D eigenvalue weighted by Gasteiger charge is -2.31. The first kappa shape index (κ1) is 15.1. The van der Waals surface area contributed by atoms with E-state index in [0.29, 0.717) is 12.2 Å². The molecule has 4 nitrogen and oxygen atoms in total. The van der Waals surface area contributed by atoms with Gasteiger partial charge in [0.2, 0.25) is 0 Å². The average Bonchev–Trinajstić information content (AvgIpc) is 2.34. The summed E-state index contributed by atoms with van der Waals surface area (Å²) in [7, 11) is 1.94. The molecular weight excluding hydrogens is 248 g/mol. The zero-order valence-electron chi connectivity index (χ0n) is 11.8. The summed E-state index contributed by atoms with van der Waals surface area (Å²) in [6, 6.07) is -0.0623. The molecule has 102 valence electrons. The highest BCUT2D eigenvalue weighted by atomic mass is 32.2. The third-order valence-electron chi connectivity index (χ3n) is 3.02. The molecule has 1 rings (SSSR count). The Kier molecular flexibility index (Phi) is 5.72. The normalized spacial score (nSPS) is 19.9. The molecule has 0 N–H and O–H groups in total. The molecule has 0 saturated heterocycles. The number of carbonyl (C=O) groups excluding carboxylic acids is 1. The van der Waals surface area contributed by atoms with Gasteiger partial charge in [0.05, 0.1) is 18.2 Å². The zero-order valence-corrected chi connectivity index (χ0v) is 12.6. The highest BCUT2D eigenvalue weighted by molar-refractivity contribution is 8.13. The number of allylic oxidation sites excluding steroid dienone is 1. The van der Waals surface area contributed by atoms with E-state index in [1.807, 2.05) is 32.1 Å². The Morgan fingerprint density at radius 3 is 2.67 bits per heavy atom. The summed E-state index contributed by atoms with van der Waals surface area (Å²) in [4.78, 5) is 18.7. The van der Waals surface area contributed by atoms with Crippen LogP contribution >= 0.6 is 11.8 Å². The van der Waals surface area contributed by atoms with Gasteiger partial charge in [0.15, 0.2) is 5.17 Å². The predicted octanol–water partition coefficient (Wildman–Crippen LogP) is 2.66. The number of hydrogen-bond acceptors (Lipinski definition) is 5. The topological polar surface area (TPSA) is 41.9 Å². The van der Waals surface area contributed by atoms with Crippen LogP contribution in [0.15, 0.2) is 16.3 Å². The molecule has 0 saturated carbocycles. The average molecular weight is 270 g/mol. The fraction of sp³-hybridized carbons (Fsp3) is 0.692. The van der Waals surface area contributed by atoms with Crippen LogP contribution in [-0.4, -0.2) is 42.0 Å². The Morgan fingerprint density at radius 2 is 2.17 bits per heavy atom. The van der Waals surface area contributed by atoms with Crippen molar-refractivity contribution in [1.29, 1.82) is 0 Å². The lowest BCUT2D eigenvalue weighted by Crippen LogP contribution is -2.35. The van der Waals surface area contributed by atoms with Crippen LogP contribution in [0.25, 0.3) is 0 Å². The third kappa shape index (κ3) is 3.07. The number of ether oxygens (including phenoxy) is 1. The predicted molar refractivity (Wildman–Crippen MR) is 76.7 cm³/mol. The fourth-order valence-corrected chi connectivity index (χ4v) is 2.66. The van der Waals surface area contributed by atoms with Crippen molar-refractivity contribution in [2.75, 3.05) is 19.9 Å². The van der Waals surface area contributed by atoms with Crippen LogP contribution in [0.1, 0.15) is 33.6 Å². The molecule has 18 heavy (non-hydrogen) atoms. The number of nitrogens with zero attached hydrogens (tertiary/aromatic N) is 2. The van der Waals surface area contributed by atoms with Crippen molar-refractivity contribution in [2.45, 2.75) is 39.7 Å². The molecule has 5 heteroatoms. The van der Waals surface area contributed by atoms with E-state index in [2.05, 4.69) is 11.9 Å². The van der Waals surface area contributed by atoms with E-state index in [1.54, 1.807) is 11.8 Å². The minimum Gasteiger partial charge on any atom is -0.463 e. The van der Waals surface area contributed by atoms with Gasteiger partial charge >= 0.3 is 5.97 Å². The highest BCUT2D eigenvalue weighted by Crippen LogP contribution is 2.27. The van der Waals surface area contributed by atoms with Crippen LogP contribution in [-0.2, 0) is 9.53 Å². The van der Waals surface area contributed by atoms with Gasteiger partial charge in [-0.15, -0.1) is 0 Å². The summed E-state index contributed by atoms with van der Waals surface area (Å²) in [5.41, 5.74) is 1.66. The molecular formula is C13H22N2O2S. The number of rotatable bonds is 4. The minimum absolute atomic E-state index is 0.0623. The molecule has 1 atom stereocenters. The van der Waals surface area contributed by atoms with E-state index in [-0.39, 0.29) is 12.0 Å². The Bertz CT molecular complexity index is 377. The quantitative estimate of drug-likeness (QED) is 0.737. The van der Waals surface area contributed by atoms with E-state index < -0.39 is 0 Å². The third-order valence-corrected chi connectivity index (χ3v) is 3.76. The standard InChI is InChI=1S/C13H22N2O2S/c1-6-8-10-11(12(16)17-7-2)9(3)15(4)13(14-10)18-5/h10H,6-8H2,1-5H3/t10-/m0/s1. The number of carbonyl (C=O) groups is 1. The van der Waals surface area contributed by atoms with E-state index >= 15 is 0 Å². The van der Waals surface area contributed by atoms with Gasteiger partial charge in [-0.05, 0) is 26.5 Å². The van der Waals surface area contributed by atoms with Crippen LogP contribution in [0.5, 0.6) is 0 Å². The van der Waals surface area contributed by atoms with Crippen LogP contribution in [0.4, 0.5) is 0 Å². The Morgan fingerprint density at radius 1 is 1.50 bits per heavy atom. The maximum absolute atomic E-state index is 12.1. The van der Waals surface area contributed by atoms with Gasteiger partial charge in [-0.25, -0.2) is 4.79 Å². The van der Waals surface area contributed by atoms with Crippen molar-refractivity contribution in [2.24, 2.45) is 4.99 Å². The molecule has 0 fully saturated rings. The number of thioether (sulfide) groups is 1. The van der Waals surface area contributed by atoms with E-state index in [1.165, 1.54) is 0 Å². The minimum atomic E-state index is -0.232. The largest absolute Gasteiger partial charge is 0.463 e. The van der Waals surface area contributed by atoms with Gasteiger partial charge in [-0.1, -0.05) is 25.1 Å². The van der Waals surface area contributed by atoms with Gasteiger partial charge in [0, 0.05) is 12.7 Å². The number of esters is 1. The number of hydrogen-bond donors (Lipinski definition) is 0. The summed E-state index contributed by atoms with van der Waals surface area (Å²) in [6.45, 7) is 6.29. The second kappa shape index (κ2) is 6.83. The molecule has 0 aromatic heterocycles. The molecule has 0 amide bonds. The van der Waals surface area contributed by atoms with Crippen molar-refractivity contribution in [3.05, 3.63) is 11.3 Å². The summed E-state index contributed by atoms with van der Waals surface area (Å²) >= 11 is 1.60. The lowest BCUT2D eigenvalue weighted by atomic mass is 9.99. The summed E-state index contributed by atoms with van der Waals surface area (Å²) < 4.78 is 5.15. The van der Waals surface area contributed by atoms with Crippen molar-refractivity contribution in [1.82, 2.24) is 4.90 Å². The van der Waals surface area contributed by atoms with Gasteiger partial charge in [-0.2, -0.15) is 0 Å². The van der Waals surface area contributed by atoms with Crippen LogP contribution in [0.3, 0.4) is 0 Å². The van der Waals surface area contributed by atoms with Crippen molar-refractivity contribution in [3.8, 4) is 0 Å². The first-order chi connectivity index (χ1) is 8.56. The highest BCUT2D eigenvalue weighted by Gasteiger charge is 2.30. The molecule has 1 heterocycles. The Hall–Kier alpha value is -0.970. The smallest absolute Gasteiger partial charge is 0.337 e. The van der Waals surface area contributed by atoms with Crippen LogP contribution in [0.2, 0.25) is 0 Å². The maximum atomic E-state index is 12.1. The molecule has 0 bridgehead atoms. The second-order valence-corrected chi connectivity index (χ2v) is 4.97. The van der Waals surface area contributed by atoms with Crippen LogP contribution < -0.4 is 0 Å². The molecule has 0 spiro atoms. The van der Waals surface area contributed by atoms with Crippen LogP contribution in [0, 0.1) is 0 Å². The Labute approximate surface area is 113 Å². The SMILES string of the molecule is CCC[C@@H]1N=C(SC)N(C)C(C)=C1C(=O)OCC. The second-order valence-electron chi connectivity index (χ2n) is 4.20. The number of amidine groups is 1. The zero-order chi connectivity index (χ0) is 13.7. The van der Waals surface area contributed by atoms with Gasteiger partial charge < -0.3 is 9.64 Å². The lowest BCUT2D eigenvalue weighted by molar-refractivity contribution is -0.139. The summed E-state index contributed by atoms with van der Waals surface area (Å²) in [5, 5.41) is 0.957. The monoisotopic (exact) mass is 270 g/mol. The van der Waals surface area contributed by atoms with Crippen molar-refractivity contribution < 1.29 is 9.53 Å². The molecule has 0 aromatic rings. The van der Waals surface area contributed by atoms with Gasteiger partial charge in [0.1, 0.15) is 0 Å². The summed E-state index contributed by atoms with van der Waals surface area (Å²) in [5.74, 6) is -0.232. The van der Waals surface area contributed by atoms with E-state index in [4.69, 9.17) is 4.74 Å². The van der Waals surface area contributed by atoms with E-state index in [9.17, 15) is 4.79 Å². The number of aliphatic imine (C=N–C) groups is 1.